The Bertz CT molecular complexity index is 605. The summed E-state index contributed by atoms with van der Waals surface area (Å²) in [6.45, 7) is 3.75. The number of nitrogens with two attached hydrogens (primary N) is 1. The van der Waals surface area contributed by atoms with Crippen molar-refractivity contribution in [3.8, 4) is 0 Å². The third-order valence-corrected chi connectivity index (χ3v) is 3.04. The van der Waals surface area contributed by atoms with Gasteiger partial charge in [0.05, 0.1) is 11.3 Å². The van der Waals surface area contributed by atoms with Crippen LogP contribution in [0.25, 0.3) is 0 Å². The van der Waals surface area contributed by atoms with Crippen molar-refractivity contribution in [1.29, 1.82) is 0 Å². The van der Waals surface area contributed by atoms with Crippen LogP contribution in [0, 0.1) is 13.8 Å². The van der Waals surface area contributed by atoms with E-state index in [1.807, 2.05) is 38.1 Å². The van der Waals surface area contributed by atoms with E-state index in [2.05, 4.69) is 4.98 Å². The summed E-state index contributed by atoms with van der Waals surface area (Å²) in [7, 11) is 1.74. The van der Waals surface area contributed by atoms with E-state index in [4.69, 9.17) is 5.73 Å². The predicted octanol–water partition coefficient (Wildman–Crippen LogP) is 2.56. The summed E-state index contributed by atoms with van der Waals surface area (Å²) in [4.78, 5) is 18.3. The molecule has 0 aliphatic carbocycles. The largest absolute Gasteiger partial charge is 0.399 e. The average Bonchev–Trinajstić information content (AvgIpc) is 2.38. The number of nitrogen functional groups attached to an aromatic ring is 1. The van der Waals surface area contributed by atoms with Crippen LogP contribution in [0.4, 0.5) is 11.4 Å². The van der Waals surface area contributed by atoms with Crippen LogP contribution in [0.3, 0.4) is 0 Å². The van der Waals surface area contributed by atoms with Crippen LogP contribution in [0.1, 0.15) is 21.7 Å². The zero-order valence-corrected chi connectivity index (χ0v) is 11.3. The molecule has 4 nitrogen and oxygen atoms in total. The number of amides is 1. The first-order valence-corrected chi connectivity index (χ1v) is 6.07. The third-order valence-electron chi connectivity index (χ3n) is 3.04. The Morgan fingerprint density at radius 3 is 2.32 bits per heavy atom. The summed E-state index contributed by atoms with van der Waals surface area (Å²) in [5.74, 6) is -0.0743. The summed E-state index contributed by atoms with van der Waals surface area (Å²) in [6, 6.07) is 10.9. The lowest BCUT2D eigenvalue weighted by atomic mass is 10.1. The van der Waals surface area contributed by atoms with Gasteiger partial charge in [-0.1, -0.05) is 0 Å². The topological polar surface area (TPSA) is 59.2 Å². The molecule has 0 aliphatic heterocycles. The Labute approximate surface area is 112 Å². The SMILES string of the molecule is Cc1ccc(C(=O)N(C)c2ccc(N)cc2)c(C)n1. The molecule has 0 fully saturated rings. The van der Waals surface area contributed by atoms with Gasteiger partial charge >= 0.3 is 0 Å². The second-order valence-corrected chi connectivity index (χ2v) is 4.54. The van der Waals surface area contributed by atoms with E-state index in [9.17, 15) is 4.79 Å². The number of nitrogens with zero attached hydrogens (tertiary/aromatic N) is 2. The minimum atomic E-state index is -0.0743. The Balaban J connectivity index is 2.30. The van der Waals surface area contributed by atoms with Crippen molar-refractivity contribution in [1.82, 2.24) is 4.98 Å². The van der Waals surface area contributed by atoms with Gasteiger partial charge in [0.2, 0.25) is 0 Å². The van der Waals surface area contributed by atoms with Crippen LogP contribution < -0.4 is 10.6 Å². The molecule has 2 N–H and O–H groups in total. The minimum absolute atomic E-state index is 0.0743. The van der Waals surface area contributed by atoms with E-state index < -0.39 is 0 Å². The highest BCUT2D eigenvalue weighted by molar-refractivity contribution is 6.06. The Morgan fingerprint density at radius 2 is 1.74 bits per heavy atom. The van der Waals surface area contributed by atoms with Crippen LogP contribution in [0.15, 0.2) is 36.4 Å². The predicted molar refractivity (Wildman–Crippen MR) is 77.3 cm³/mol. The van der Waals surface area contributed by atoms with Gasteiger partial charge < -0.3 is 10.6 Å². The highest BCUT2D eigenvalue weighted by atomic mass is 16.2. The van der Waals surface area contributed by atoms with Gasteiger partial charge in [-0.3, -0.25) is 9.78 Å². The van der Waals surface area contributed by atoms with E-state index in [0.717, 1.165) is 17.1 Å². The standard InChI is InChI=1S/C15H17N3O/c1-10-4-9-14(11(2)17-10)15(19)18(3)13-7-5-12(16)6-8-13/h4-9H,16H2,1-3H3. The molecule has 0 radical (unpaired) electrons. The summed E-state index contributed by atoms with van der Waals surface area (Å²) in [5, 5.41) is 0. The summed E-state index contributed by atoms with van der Waals surface area (Å²) in [6.07, 6.45) is 0. The molecule has 0 saturated heterocycles. The van der Waals surface area contributed by atoms with Crippen LogP contribution in [-0.4, -0.2) is 17.9 Å². The monoisotopic (exact) mass is 255 g/mol. The lowest BCUT2D eigenvalue weighted by molar-refractivity contribution is 0.0992. The number of aromatic nitrogens is 1. The van der Waals surface area contributed by atoms with Crippen molar-refractivity contribution >= 4 is 17.3 Å². The van der Waals surface area contributed by atoms with Crippen molar-refractivity contribution in [2.24, 2.45) is 0 Å². The summed E-state index contributed by atoms with van der Waals surface area (Å²) in [5.41, 5.74) is 9.39. The van der Waals surface area contributed by atoms with Gasteiger partial charge in [0.1, 0.15) is 0 Å². The number of carbonyl (C=O) groups excluding carboxylic acids is 1. The van der Waals surface area contributed by atoms with Gasteiger partial charge in [-0.05, 0) is 50.2 Å². The number of aryl methyl sites for hydroxylation is 2. The number of anilines is 2. The Kier molecular flexibility index (Phi) is 3.51. The highest BCUT2D eigenvalue weighted by Crippen LogP contribution is 2.18. The highest BCUT2D eigenvalue weighted by Gasteiger charge is 2.16. The third kappa shape index (κ3) is 2.73. The van der Waals surface area contributed by atoms with E-state index in [0.29, 0.717) is 11.3 Å². The van der Waals surface area contributed by atoms with E-state index in [1.54, 1.807) is 24.1 Å². The fourth-order valence-corrected chi connectivity index (χ4v) is 1.91. The summed E-state index contributed by atoms with van der Waals surface area (Å²) < 4.78 is 0. The molecule has 1 amide bonds. The van der Waals surface area contributed by atoms with E-state index >= 15 is 0 Å². The minimum Gasteiger partial charge on any atom is -0.399 e. The quantitative estimate of drug-likeness (QED) is 0.839. The van der Waals surface area contributed by atoms with Crippen molar-refractivity contribution in [3.63, 3.8) is 0 Å². The fourth-order valence-electron chi connectivity index (χ4n) is 1.91. The van der Waals surface area contributed by atoms with Crippen LogP contribution in [0.5, 0.6) is 0 Å². The Hall–Kier alpha value is -2.36. The number of rotatable bonds is 2. The maximum Gasteiger partial charge on any atom is 0.259 e. The lowest BCUT2D eigenvalue weighted by Crippen LogP contribution is -2.27. The van der Waals surface area contributed by atoms with Crippen molar-refractivity contribution in [2.45, 2.75) is 13.8 Å². The molecule has 19 heavy (non-hydrogen) atoms. The zero-order valence-electron chi connectivity index (χ0n) is 11.3. The van der Waals surface area contributed by atoms with E-state index in [-0.39, 0.29) is 5.91 Å². The summed E-state index contributed by atoms with van der Waals surface area (Å²) >= 11 is 0. The molecule has 2 aromatic rings. The molecule has 0 atom stereocenters. The number of carbonyl (C=O) groups is 1. The lowest BCUT2D eigenvalue weighted by Gasteiger charge is -2.18. The number of hydrogen-bond acceptors (Lipinski definition) is 3. The molecule has 0 saturated carbocycles. The molecule has 2 rings (SSSR count). The second-order valence-electron chi connectivity index (χ2n) is 4.54. The molecular weight excluding hydrogens is 238 g/mol. The van der Waals surface area contributed by atoms with E-state index in [1.165, 1.54) is 0 Å². The number of pyridine rings is 1. The van der Waals surface area contributed by atoms with Crippen LogP contribution in [-0.2, 0) is 0 Å². The van der Waals surface area contributed by atoms with Crippen LogP contribution in [0.2, 0.25) is 0 Å². The van der Waals surface area contributed by atoms with Gasteiger partial charge in [0, 0.05) is 24.1 Å². The molecule has 0 unspecified atom stereocenters. The second kappa shape index (κ2) is 5.10. The Morgan fingerprint density at radius 1 is 1.11 bits per heavy atom. The zero-order chi connectivity index (χ0) is 14.0. The molecular formula is C15H17N3O. The first kappa shape index (κ1) is 13.1. The molecule has 0 bridgehead atoms. The molecule has 4 heteroatoms. The molecule has 98 valence electrons. The molecule has 1 aromatic carbocycles. The number of hydrogen-bond donors (Lipinski definition) is 1. The van der Waals surface area contributed by atoms with Gasteiger partial charge in [-0.15, -0.1) is 0 Å². The van der Waals surface area contributed by atoms with Crippen molar-refractivity contribution < 1.29 is 4.79 Å². The van der Waals surface area contributed by atoms with Crippen LogP contribution >= 0.6 is 0 Å². The first-order valence-electron chi connectivity index (χ1n) is 6.07. The van der Waals surface area contributed by atoms with Gasteiger partial charge in [0.25, 0.3) is 5.91 Å². The smallest absolute Gasteiger partial charge is 0.259 e. The first-order chi connectivity index (χ1) is 8.99. The average molecular weight is 255 g/mol. The fraction of sp³-hybridized carbons (Fsp3) is 0.200. The maximum atomic E-state index is 12.4. The molecule has 1 aromatic heterocycles. The number of benzene rings is 1. The van der Waals surface area contributed by atoms with Gasteiger partial charge in [0.15, 0.2) is 0 Å². The normalized spacial score (nSPS) is 10.3. The molecule has 0 aliphatic rings. The molecule has 0 spiro atoms. The van der Waals surface area contributed by atoms with Crippen molar-refractivity contribution in [3.05, 3.63) is 53.3 Å². The van der Waals surface area contributed by atoms with Gasteiger partial charge in [-0.25, -0.2) is 0 Å². The maximum absolute atomic E-state index is 12.4. The van der Waals surface area contributed by atoms with Gasteiger partial charge in [-0.2, -0.15) is 0 Å². The van der Waals surface area contributed by atoms with Crippen molar-refractivity contribution in [2.75, 3.05) is 17.7 Å². The molecule has 1 heterocycles.